The monoisotopic (exact) mass is 197 g/mol. The minimum atomic E-state index is 0.498. The van der Waals surface area contributed by atoms with Crippen LogP contribution in [0.4, 0.5) is 0 Å². The maximum atomic E-state index is 6.24. The molecule has 1 nitrogen and oxygen atoms in total. The highest BCUT2D eigenvalue weighted by Crippen LogP contribution is 2.29. The molecule has 1 rings (SSSR count). The molecule has 0 aromatic heterocycles. The van der Waals surface area contributed by atoms with Gasteiger partial charge in [0, 0.05) is 6.04 Å². The summed E-state index contributed by atoms with van der Waals surface area (Å²) in [5.41, 5.74) is 6.24. The topological polar surface area (TPSA) is 26.0 Å². The zero-order valence-corrected chi connectivity index (χ0v) is 9.97. The van der Waals surface area contributed by atoms with Crippen molar-refractivity contribution in [3.63, 3.8) is 0 Å². The van der Waals surface area contributed by atoms with Gasteiger partial charge in [-0.1, -0.05) is 46.0 Å². The molecule has 1 heteroatoms. The third-order valence-electron chi connectivity index (χ3n) is 4.01. The van der Waals surface area contributed by atoms with Crippen molar-refractivity contribution >= 4 is 0 Å². The minimum absolute atomic E-state index is 0.498. The molecule has 0 aromatic carbocycles. The summed E-state index contributed by atoms with van der Waals surface area (Å²) in [5.74, 6) is 1.74. The fraction of sp³-hybridized carbons (Fsp3) is 1.00. The molecule has 0 aliphatic heterocycles. The van der Waals surface area contributed by atoms with E-state index in [0.29, 0.717) is 6.04 Å². The molecule has 2 atom stereocenters. The molecular weight excluding hydrogens is 170 g/mol. The Kier molecular flexibility index (Phi) is 5.54. The Labute approximate surface area is 89.5 Å². The lowest BCUT2D eigenvalue weighted by Crippen LogP contribution is -2.30. The summed E-state index contributed by atoms with van der Waals surface area (Å²) in [5, 5.41) is 0. The van der Waals surface area contributed by atoms with Crippen molar-refractivity contribution in [2.45, 2.75) is 71.3 Å². The summed E-state index contributed by atoms with van der Waals surface area (Å²) >= 11 is 0. The summed E-state index contributed by atoms with van der Waals surface area (Å²) in [4.78, 5) is 0. The second-order valence-electron chi connectivity index (χ2n) is 4.98. The molecule has 84 valence electrons. The summed E-state index contributed by atoms with van der Waals surface area (Å²) in [6.07, 6.45) is 10.9. The quantitative estimate of drug-likeness (QED) is 0.683. The third-order valence-corrected chi connectivity index (χ3v) is 4.01. The van der Waals surface area contributed by atoms with Gasteiger partial charge in [0.25, 0.3) is 0 Å². The number of hydrogen-bond donors (Lipinski definition) is 1. The lowest BCUT2D eigenvalue weighted by Gasteiger charge is -2.25. The van der Waals surface area contributed by atoms with Gasteiger partial charge in [-0.2, -0.15) is 0 Å². The van der Waals surface area contributed by atoms with Gasteiger partial charge < -0.3 is 5.73 Å². The van der Waals surface area contributed by atoms with E-state index in [-0.39, 0.29) is 0 Å². The highest BCUT2D eigenvalue weighted by Gasteiger charge is 2.22. The maximum Gasteiger partial charge on any atom is 0.00672 e. The van der Waals surface area contributed by atoms with Gasteiger partial charge in [0.1, 0.15) is 0 Å². The van der Waals surface area contributed by atoms with Crippen LogP contribution in [0.5, 0.6) is 0 Å². The van der Waals surface area contributed by atoms with Crippen LogP contribution in [-0.4, -0.2) is 6.04 Å². The van der Waals surface area contributed by atoms with Crippen LogP contribution in [0.15, 0.2) is 0 Å². The SMILES string of the molecule is CCC(CC)CC1CCCCCC1N. The summed E-state index contributed by atoms with van der Waals surface area (Å²) in [6, 6.07) is 0.498. The van der Waals surface area contributed by atoms with Gasteiger partial charge in [0.2, 0.25) is 0 Å². The fourth-order valence-corrected chi connectivity index (χ4v) is 2.76. The van der Waals surface area contributed by atoms with Crippen LogP contribution in [0.2, 0.25) is 0 Å². The standard InChI is InChI=1S/C13H27N/c1-3-11(4-2)10-12-8-6-5-7-9-13(12)14/h11-13H,3-10,14H2,1-2H3. The van der Waals surface area contributed by atoms with Crippen LogP contribution in [0.1, 0.15) is 65.2 Å². The van der Waals surface area contributed by atoms with Gasteiger partial charge in [0.15, 0.2) is 0 Å². The zero-order valence-electron chi connectivity index (χ0n) is 9.97. The lowest BCUT2D eigenvalue weighted by atomic mass is 9.84. The van der Waals surface area contributed by atoms with Crippen LogP contribution in [0, 0.1) is 11.8 Å². The predicted molar refractivity (Wildman–Crippen MR) is 63.2 cm³/mol. The molecule has 0 heterocycles. The van der Waals surface area contributed by atoms with E-state index in [2.05, 4.69) is 13.8 Å². The summed E-state index contributed by atoms with van der Waals surface area (Å²) in [6.45, 7) is 4.63. The van der Waals surface area contributed by atoms with E-state index < -0.39 is 0 Å². The molecule has 1 aliphatic rings. The predicted octanol–water partition coefficient (Wildman–Crippen LogP) is 3.72. The van der Waals surface area contributed by atoms with E-state index in [1.165, 1.54) is 51.4 Å². The van der Waals surface area contributed by atoms with Crippen molar-refractivity contribution < 1.29 is 0 Å². The van der Waals surface area contributed by atoms with E-state index in [1.807, 2.05) is 0 Å². The summed E-state index contributed by atoms with van der Waals surface area (Å²) < 4.78 is 0. The van der Waals surface area contributed by atoms with Crippen molar-refractivity contribution in [3.8, 4) is 0 Å². The molecule has 0 radical (unpaired) electrons. The minimum Gasteiger partial charge on any atom is -0.327 e. The van der Waals surface area contributed by atoms with Gasteiger partial charge >= 0.3 is 0 Å². The number of hydrogen-bond acceptors (Lipinski definition) is 1. The van der Waals surface area contributed by atoms with E-state index in [4.69, 9.17) is 5.73 Å². The molecular formula is C13H27N. The van der Waals surface area contributed by atoms with Gasteiger partial charge in [0.05, 0.1) is 0 Å². The van der Waals surface area contributed by atoms with Gasteiger partial charge in [-0.05, 0) is 31.1 Å². The highest BCUT2D eigenvalue weighted by atomic mass is 14.6. The third kappa shape index (κ3) is 3.61. The van der Waals surface area contributed by atoms with Crippen LogP contribution in [-0.2, 0) is 0 Å². The Morgan fingerprint density at radius 1 is 1.07 bits per heavy atom. The van der Waals surface area contributed by atoms with E-state index >= 15 is 0 Å². The van der Waals surface area contributed by atoms with E-state index in [1.54, 1.807) is 0 Å². The Morgan fingerprint density at radius 2 is 1.71 bits per heavy atom. The Balaban J connectivity index is 2.39. The molecule has 0 amide bonds. The first-order chi connectivity index (χ1) is 6.77. The normalized spacial score (nSPS) is 29.1. The number of rotatable bonds is 4. The number of nitrogens with two attached hydrogens (primary N) is 1. The molecule has 0 bridgehead atoms. The first-order valence-electron chi connectivity index (χ1n) is 6.53. The maximum absolute atomic E-state index is 6.24. The summed E-state index contributed by atoms with van der Waals surface area (Å²) in [7, 11) is 0. The zero-order chi connectivity index (χ0) is 10.4. The van der Waals surface area contributed by atoms with Gasteiger partial charge in [-0.25, -0.2) is 0 Å². The lowest BCUT2D eigenvalue weighted by molar-refractivity contribution is 0.296. The first kappa shape index (κ1) is 12.0. The molecule has 0 aromatic rings. The fourth-order valence-electron chi connectivity index (χ4n) is 2.76. The van der Waals surface area contributed by atoms with Gasteiger partial charge in [-0.15, -0.1) is 0 Å². The van der Waals surface area contributed by atoms with Crippen molar-refractivity contribution in [3.05, 3.63) is 0 Å². The molecule has 0 saturated heterocycles. The van der Waals surface area contributed by atoms with Crippen LogP contribution in [0.3, 0.4) is 0 Å². The average molecular weight is 197 g/mol. The molecule has 2 unspecified atom stereocenters. The van der Waals surface area contributed by atoms with Crippen LogP contribution < -0.4 is 5.73 Å². The van der Waals surface area contributed by atoms with Crippen molar-refractivity contribution in [1.29, 1.82) is 0 Å². The molecule has 2 N–H and O–H groups in total. The van der Waals surface area contributed by atoms with E-state index in [0.717, 1.165) is 11.8 Å². The van der Waals surface area contributed by atoms with Crippen molar-refractivity contribution in [2.75, 3.05) is 0 Å². The molecule has 1 saturated carbocycles. The highest BCUT2D eigenvalue weighted by molar-refractivity contribution is 4.78. The molecule has 0 spiro atoms. The second kappa shape index (κ2) is 6.44. The smallest absolute Gasteiger partial charge is 0.00672 e. The van der Waals surface area contributed by atoms with Crippen LogP contribution in [0.25, 0.3) is 0 Å². The molecule has 1 fully saturated rings. The van der Waals surface area contributed by atoms with Crippen molar-refractivity contribution in [1.82, 2.24) is 0 Å². The van der Waals surface area contributed by atoms with E-state index in [9.17, 15) is 0 Å². The Hall–Kier alpha value is -0.0400. The Morgan fingerprint density at radius 3 is 2.36 bits per heavy atom. The molecule has 1 aliphatic carbocycles. The van der Waals surface area contributed by atoms with Gasteiger partial charge in [-0.3, -0.25) is 0 Å². The molecule has 14 heavy (non-hydrogen) atoms. The second-order valence-corrected chi connectivity index (χ2v) is 4.98. The average Bonchev–Trinajstić information content (AvgIpc) is 2.40. The first-order valence-corrected chi connectivity index (χ1v) is 6.53. The largest absolute Gasteiger partial charge is 0.327 e. The Bertz CT molecular complexity index is 140. The van der Waals surface area contributed by atoms with Crippen molar-refractivity contribution in [2.24, 2.45) is 17.6 Å². The van der Waals surface area contributed by atoms with Crippen LogP contribution >= 0.6 is 0 Å².